The van der Waals surface area contributed by atoms with E-state index in [1.54, 1.807) is 7.11 Å². The van der Waals surface area contributed by atoms with Crippen molar-refractivity contribution in [3.63, 3.8) is 0 Å². The van der Waals surface area contributed by atoms with Crippen molar-refractivity contribution in [1.82, 2.24) is 9.97 Å². The van der Waals surface area contributed by atoms with E-state index in [1.165, 1.54) is 6.42 Å². The molecule has 0 spiro atoms. The molecule has 3 unspecified atom stereocenters. The van der Waals surface area contributed by atoms with E-state index in [0.717, 1.165) is 36.7 Å². The summed E-state index contributed by atoms with van der Waals surface area (Å²) in [5.41, 5.74) is 0.936. The zero-order valence-electron chi connectivity index (χ0n) is 11.6. The van der Waals surface area contributed by atoms with Crippen LogP contribution in [0.5, 0.6) is 0 Å². The van der Waals surface area contributed by atoms with Crippen molar-refractivity contribution in [1.29, 1.82) is 0 Å². The molecule has 1 N–H and O–H groups in total. The average Bonchev–Trinajstić information content (AvgIpc) is 3.01. The summed E-state index contributed by atoms with van der Waals surface area (Å²) in [5, 5.41) is 3.27. The number of nitrogens with zero attached hydrogens (tertiary/aromatic N) is 2. The Morgan fingerprint density at radius 1 is 1.42 bits per heavy atom. The highest BCUT2D eigenvalue weighted by atomic mass is 16.5. The zero-order valence-corrected chi connectivity index (χ0v) is 11.6. The molecule has 1 aromatic heterocycles. The van der Waals surface area contributed by atoms with Gasteiger partial charge in [-0.25, -0.2) is 9.97 Å². The van der Waals surface area contributed by atoms with Gasteiger partial charge in [0.25, 0.3) is 0 Å². The molecule has 104 valence electrons. The molecular weight excluding hydrogens is 242 g/mol. The third kappa shape index (κ3) is 2.58. The molecule has 2 aliphatic heterocycles. The number of methoxy groups -OCH3 is 1. The SMILES string of the molecule is CCNc1cc(COC)nc(C2CC3CCC2O3)n1. The van der Waals surface area contributed by atoms with Gasteiger partial charge < -0.3 is 14.8 Å². The van der Waals surface area contributed by atoms with Crippen LogP contribution in [0.1, 0.15) is 43.6 Å². The van der Waals surface area contributed by atoms with Gasteiger partial charge in [-0.3, -0.25) is 0 Å². The molecular formula is C14H21N3O2. The Morgan fingerprint density at radius 2 is 2.32 bits per heavy atom. The lowest BCUT2D eigenvalue weighted by Gasteiger charge is -2.18. The van der Waals surface area contributed by atoms with Crippen LogP contribution in [0.15, 0.2) is 6.07 Å². The summed E-state index contributed by atoms with van der Waals surface area (Å²) in [7, 11) is 1.69. The topological polar surface area (TPSA) is 56.3 Å². The molecule has 1 aromatic rings. The minimum Gasteiger partial charge on any atom is -0.378 e. The van der Waals surface area contributed by atoms with Crippen molar-refractivity contribution >= 4 is 5.82 Å². The fraction of sp³-hybridized carbons (Fsp3) is 0.714. The molecule has 3 atom stereocenters. The lowest BCUT2D eigenvalue weighted by molar-refractivity contribution is 0.0998. The second-order valence-electron chi connectivity index (χ2n) is 5.28. The van der Waals surface area contributed by atoms with Crippen molar-refractivity contribution in [2.75, 3.05) is 19.0 Å². The highest BCUT2D eigenvalue weighted by Gasteiger charge is 2.43. The molecule has 0 aliphatic carbocycles. The number of rotatable bonds is 5. The molecule has 5 nitrogen and oxygen atoms in total. The van der Waals surface area contributed by atoms with E-state index in [2.05, 4.69) is 22.2 Å². The van der Waals surface area contributed by atoms with E-state index in [4.69, 9.17) is 9.47 Å². The molecule has 2 bridgehead atoms. The molecule has 3 heterocycles. The van der Waals surface area contributed by atoms with Gasteiger partial charge in [-0.1, -0.05) is 0 Å². The smallest absolute Gasteiger partial charge is 0.136 e. The molecule has 2 aliphatic rings. The Labute approximate surface area is 113 Å². The van der Waals surface area contributed by atoms with Crippen LogP contribution >= 0.6 is 0 Å². The Bertz CT molecular complexity index is 428. The van der Waals surface area contributed by atoms with Gasteiger partial charge in [-0.05, 0) is 26.2 Å². The van der Waals surface area contributed by atoms with Gasteiger partial charge in [0, 0.05) is 25.6 Å². The van der Waals surface area contributed by atoms with E-state index < -0.39 is 0 Å². The van der Waals surface area contributed by atoms with Crippen molar-refractivity contribution in [3.8, 4) is 0 Å². The fourth-order valence-electron chi connectivity index (χ4n) is 3.09. The van der Waals surface area contributed by atoms with E-state index in [0.29, 0.717) is 24.7 Å². The zero-order chi connectivity index (χ0) is 13.2. The van der Waals surface area contributed by atoms with Crippen LogP contribution in [0.3, 0.4) is 0 Å². The Kier molecular flexibility index (Phi) is 3.66. The standard InChI is InChI=1S/C14H21N3O2/c1-3-15-13-6-9(8-18-2)16-14(17-13)11-7-10-4-5-12(11)19-10/h6,10-12H,3-5,7-8H2,1-2H3,(H,15,16,17). The van der Waals surface area contributed by atoms with Gasteiger partial charge in [-0.2, -0.15) is 0 Å². The first-order valence-corrected chi connectivity index (χ1v) is 7.06. The highest BCUT2D eigenvalue weighted by Crippen LogP contribution is 2.43. The van der Waals surface area contributed by atoms with Gasteiger partial charge in [0.05, 0.1) is 24.5 Å². The largest absolute Gasteiger partial charge is 0.378 e. The maximum Gasteiger partial charge on any atom is 0.136 e. The predicted octanol–water partition coefficient (Wildman–Crippen LogP) is 2.09. The molecule has 0 amide bonds. The summed E-state index contributed by atoms with van der Waals surface area (Å²) < 4.78 is 11.1. The quantitative estimate of drug-likeness (QED) is 0.881. The number of aromatic nitrogens is 2. The Hall–Kier alpha value is -1.20. The number of nitrogens with one attached hydrogen (secondary N) is 1. The molecule has 0 radical (unpaired) electrons. The monoisotopic (exact) mass is 263 g/mol. The summed E-state index contributed by atoms with van der Waals surface area (Å²) in [6.45, 7) is 3.45. The highest BCUT2D eigenvalue weighted by molar-refractivity contribution is 5.36. The molecule has 2 fully saturated rings. The Morgan fingerprint density at radius 3 is 2.95 bits per heavy atom. The minimum absolute atomic E-state index is 0.317. The van der Waals surface area contributed by atoms with Crippen LogP contribution in [0.4, 0.5) is 5.82 Å². The van der Waals surface area contributed by atoms with Gasteiger partial charge in [0.15, 0.2) is 0 Å². The van der Waals surface area contributed by atoms with Crippen LogP contribution in [-0.2, 0) is 16.1 Å². The van der Waals surface area contributed by atoms with Gasteiger partial charge in [-0.15, -0.1) is 0 Å². The number of anilines is 1. The van der Waals surface area contributed by atoms with Crippen LogP contribution in [0.25, 0.3) is 0 Å². The fourth-order valence-corrected chi connectivity index (χ4v) is 3.09. The first-order valence-electron chi connectivity index (χ1n) is 7.06. The number of fused-ring (bicyclic) bond motifs is 2. The maximum absolute atomic E-state index is 5.91. The summed E-state index contributed by atoms with van der Waals surface area (Å²) in [4.78, 5) is 9.30. The van der Waals surface area contributed by atoms with E-state index >= 15 is 0 Å². The average molecular weight is 263 g/mol. The first kappa shape index (κ1) is 12.8. The first-order chi connectivity index (χ1) is 9.30. The summed E-state index contributed by atoms with van der Waals surface area (Å²) in [6, 6.07) is 1.96. The lowest BCUT2D eigenvalue weighted by atomic mass is 9.88. The van der Waals surface area contributed by atoms with E-state index in [9.17, 15) is 0 Å². The second kappa shape index (κ2) is 5.43. The van der Waals surface area contributed by atoms with Crippen LogP contribution in [0, 0.1) is 0 Å². The molecule has 3 rings (SSSR count). The number of hydrogen-bond acceptors (Lipinski definition) is 5. The molecule has 2 saturated heterocycles. The van der Waals surface area contributed by atoms with E-state index in [-0.39, 0.29) is 0 Å². The third-order valence-corrected chi connectivity index (χ3v) is 3.88. The van der Waals surface area contributed by atoms with Crippen LogP contribution < -0.4 is 5.32 Å². The maximum atomic E-state index is 5.91. The van der Waals surface area contributed by atoms with Crippen molar-refractivity contribution in [2.45, 2.75) is 50.9 Å². The van der Waals surface area contributed by atoms with Crippen LogP contribution in [0.2, 0.25) is 0 Å². The van der Waals surface area contributed by atoms with Crippen molar-refractivity contribution < 1.29 is 9.47 Å². The molecule has 0 saturated carbocycles. The molecule has 5 heteroatoms. The normalized spacial score (nSPS) is 28.8. The summed E-state index contributed by atoms with van der Waals surface area (Å²) in [5.74, 6) is 2.16. The minimum atomic E-state index is 0.317. The van der Waals surface area contributed by atoms with Crippen molar-refractivity contribution in [2.24, 2.45) is 0 Å². The summed E-state index contributed by atoms with van der Waals surface area (Å²) in [6.07, 6.45) is 4.14. The number of ether oxygens (including phenoxy) is 2. The molecule has 19 heavy (non-hydrogen) atoms. The van der Waals surface area contributed by atoms with E-state index in [1.807, 2.05) is 6.07 Å². The second-order valence-corrected chi connectivity index (χ2v) is 5.28. The van der Waals surface area contributed by atoms with Gasteiger partial charge in [0.1, 0.15) is 11.6 Å². The van der Waals surface area contributed by atoms with Crippen LogP contribution in [-0.4, -0.2) is 35.8 Å². The number of hydrogen-bond donors (Lipinski definition) is 1. The third-order valence-electron chi connectivity index (χ3n) is 3.88. The van der Waals surface area contributed by atoms with Gasteiger partial charge >= 0.3 is 0 Å². The predicted molar refractivity (Wildman–Crippen MR) is 72.2 cm³/mol. The van der Waals surface area contributed by atoms with Gasteiger partial charge in [0.2, 0.25) is 0 Å². The Balaban J connectivity index is 1.86. The lowest BCUT2D eigenvalue weighted by Crippen LogP contribution is -2.18. The summed E-state index contributed by atoms with van der Waals surface area (Å²) >= 11 is 0. The molecule has 0 aromatic carbocycles. The van der Waals surface area contributed by atoms with Crippen molar-refractivity contribution in [3.05, 3.63) is 17.6 Å².